The number of hydrogen-bond acceptors (Lipinski definition) is 9. The van der Waals surface area contributed by atoms with E-state index in [1.165, 1.54) is 130 Å². The van der Waals surface area contributed by atoms with Crippen molar-refractivity contribution in [3.05, 3.63) is 0 Å². The van der Waals surface area contributed by atoms with Crippen molar-refractivity contribution in [2.75, 3.05) is 145 Å². The van der Waals surface area contributed by atoms with Gasteiger partial charge in [-0.1, -0.05) is 90.5 Å². The largest absolute Gasteiger partial charge is 0.342 e. The van der Waals surface area contributed by atoms with Gasteiger partial charge in [0.25, 0.3) is 0 Å². The summed E-state index contributed by atoms with van der Waals surface area (Å²) in [5.74, 6) is 2.36. The van der Waals surface area contributed by atoms with E-state index in [1.54, 1.807) is 0 Å². The lowest BCUT2D eigenvalue weighted by molar-refractivity contribution is -0.141. The van der Waals surface area contributed by atoms with Gasteiger partial charge in [0.2, 0.25) is 11.8 Å². The van der Waals surface area contributed by atoms with Crippen LogP contribution in [0, 0.1) is 28.1 Å². The van der Waals surface area contributed by atoms with Gasteiger partial charge < -0.3 is 29.4 Å². The van der Waals surface area contributed by atoms with Crippen LogP contribution >= 0.6 is 0 Å². The highest BCUT2D eigenvalue weighted by Gasteiger charge is 2.33. The molecule has 0 aromatic rings. The maximum atomic E-state index is 12.3. The molecule has 0 aromatic carbocycles. The van der Waals surface area contributed by atoms with Crippen LogP contribution in [-0.4, -0.2) is 218 Å². The van der Waals surface area contributed by atoms with E-state index in [0.717, 1.165) is 50.9 Å². The third-order valence-corrected chi connectivity index (χ3v) is 15.0. The Morgan fingerprint density at radius 2 is 0.750 bits per heavy atom. The fourth-order valence-corrected chi connectivity index (χ4v) is 9.87. The summed E-state index contributed by atoms with van der Waals surface area (Å²) < 4.78 is 0. The molecule has 0 saturated carbocycles. The van der Waals surface area contributed by atoms with E-state index in [1.807, 2.05) is 46.4 Å². The van der Waals surface area contributed by atoms with Crippen LogP contribution in [0.3, 0.4) is 0 Å². The third kappa shape index (κ3) is 25.4. The molecular formula is C57H119N9O2. The van der Waals surface area contributed by atoms with E-state index < -0.39 is 0 Å². The third-order valence-electron chi connectivity index (χ3n) is 15.0. The Bertz CT molecular complexity index is 1310. The number of nitrogens with zero attached hydrogens (tertiary/aromatic N) is 9. The number of piperazine rings is 3. The molecule has 0 unspecified atom stereocenters. The highest BCUT2D eigenvalue weighted by atomic mass is 16.2. The van der Waals surface area contributed by atoms with Crippen molar-refractivity contribution < 1.29 is 9.59 Å². The minimum Gasteiger partial charge on any atom is -0.342 e. The molecule has 0 spiro atoms. The summed E-state index contributed by atoms with van der Waals surface area (Å²) in [5, 5.41) is 0. The Labute approximate surface area is 424 Å². The minimum absolute atomic E-state index is 0. The SMILES string of the molecule is C.CC1CCN(C(=O)C(C)(C)C)CC1.CC1CCN(C(C)(C)C)CC1.CCN1CCN(CC(C)(C)C)CC1.CN1CCN(C(C)(C)C)CC1.CN1CCN(C2CCN(C(=O)C(C)(C)C)CC2)CC1. The minimum atomic E-state index is -0.235. The van der Waals surface area contributed by atoms with Crippen LogP contribution in [0.25, 0.3) is 0 Å². The molecule has 0 atom stereocenters. The van der Waals surface area contributed by atoms with Crippen LogP contribution in [-0.2, 0) is 9.59 Å². The normalized spacial score (nSPS) is 22.8. The van der Waals surface area contributed by atoms with Gasteiger partial charge in [-0.25, -0.2) is 0 Å². The van der Waals surface area contributed by atoms with Crippen molar-refractivity contribution >= 4 is 11.8 Å². The molecule has 0 aromatic heterocycles. The topological polar surface area (TPSA) is 63.3 Å². The molecule has 11 nitrogen and oxygen atoms in total. The first-order valence-corrected chi connectivity index (χ1v) is 27.4. The number of carbonyl (C=O) groups is 2. The van der Waals surface area contributed by atoms with Crippen molar-refractivity contribution in [3.63, 3.8) is 0 Å². The highest BCUT2D eigenvalue weighted by molar-refractivity contribution is 5.82. The Morgan fingerprint density at radius 3 is 1.09 bits per heavy atom. The van der Waals surface area contributed by atoms with Crippen molar-refractivity contribution in [2.45, 2.75) is 188 Å². The number of likely N-dealkylation sites (tertiary alicyclic amines) is 3. The number of amides is 2. The average molecular weight is 963 g/mol. The highest BCUT2D eigenvalue weighted by Crippen LogP contribution is 2.26. The van der Waals surface area contributed by atoms with Gasteiger partial charge >= 0.3 is 0 Å². The second-order valence-electron chi connectivity index (χ2n) is 26.9. The number of likely N-dealkylation sites (N-methyl/N-ethyl adjacent to an activating group) is 3. The second-order valence-corrected chi connectivity index (χ2v) is 26.9. The van der Waals surface area contributed by atoms with Crippen LogP contribution in [0.15, 0.2) is 0 Å². The maximum Gasteiger partial charge on any atom is 0.227 e. The summed E-state index contributed by atoms with van der Waals surface area (Å²) in [4.78, 5) is 45.8. The van der Waals surface area contributed by atoms with Crippen LogP contribution in [0.1, 0.15) is 171 Å². The quantitative estimate of drug-likeness (QED) is 0.276. The molecule has 6 rings (SSSR count). The zero-order valence-corrected chi connectivity index (χ0v) is 48.5. The van der Waals surface area contributed by atoms with Crippen LogP contribution in [0.4, 0.5) is 0 Å². The Balaban J connectivity index is 0.000000431. The van der Waals surface area contributed by atoms with Crippen molar-refractivity contribution in [2.24, 2.45) is 28.1 Å². The lowest BCUT2D eigenvalue weighted by Gasteiger charge is -2.43. The van der Waals surface area contributed by atoms with Crippen molar-refractivity contribution in [3.8, 4) is 0 Å². The maximum absolute atomic E-state index is 12.3. The zero-order valence-electron chi connectivity index (χ0n) is 48.5. The van der Waals surface area contributed by atoms with E-state index in [0.29, 0.717) is 34.3 Å². The summed E-state index contributed by atoms with van der Waals surface area (Å²) >= 11 is 0. The van der Waals surface area contributed by atoms with Crippen LogP contribution in [0.5, 0.6) is 0 Å². The van der Waals surface area contributed by atoms with Gasteiger partial charge in [0.1, 0.15) is 0 Å². The lowest BCUT2D eigenvalue weighted by atomic mass is 9.92. The number of carbonyl (C=O) groups excluding carboxylic acids is 2. The molecule has 0 radical (unpaired) electrons. The standard InChI is InChI=1S/C15H29N3O.C11H24N2.C11H21NO.C10H21N.C9H20N2.CH4/c1-15(2,3)14(19)18-7-5-13(6-8-18)17-11-9-16(4)10-12-17;1-5-12-6-8-13(9-7-12)10-11(2,3)4;1-9-5-7-12(8-6-9)10(13)11(2,3)4;1-9-5-7-11(8-6-9)10(2,3)4;1-9(2,3)11-7-5-10(4)6-8-11;/h13H,5-12H2,1-4H3;5-10H2,1-4H3;9H,5-8H2,1-4H3;9H,5-8H2,1-4H3;5-8H2,1-4H3;1H4. The first kappa shape index (κ1) is 64.7. The van der Waals surface area contributed by atoms with E-state index >= 15 is 0 Å². The van der Waals surface area contributed by atoms with Crippen molar-refractivity contribution in [1.82, 2.24) is 44.1 Å². The molecule has 6 heterocycles. The Kier molecular flexibility index (Phi) is 27.9. The van der Waals surface area contributed by atoms with Crippen LogP contribution in [0.2, 0.25) is 0 Å². The van der Waals surface area contributed by atoms with Gasteiger partial charge in [-0.05, 0) is 131 Å². The summed E-state index contributed by atoms with van der Waals surface area (Å²) in [7, 11) is 4.39. The predicted molar refractivity (Wildman–Crippen MR) is 296 cm³/mol. The monoisotopic (exact) mass is 962 g/mol. The molecule has 2 amide bonds. The first-order chi connectivity index (χ1) is 30.8. The molecule has 404 valence electrons. The van der Waals surface area contributed by atoms with E-state index in [-0.39, 0.29) is 18.3 Å². The molecule has 11 heteroatoms. The molecule has 6 fully saturated rings. The Hall–Kier alpha value is -1.34. The van der Waals surface area contributed by atoms with E-state index in [9.17, 15) is 9.59 Å². The number of rotatable bonds is 3. The fraction of sp³-hybridized carbons (Fsp3) is 0.965. The molecule has 0 N–H and O–H groups in total. The predicted octanol–water partition coefficient (Wildman–Crippen LogP) is 9.42. The van der Waals surface area contributed by atoms with Gasteiger partial charge in [0, 0.05) is 139 Å². The lowest BCUT2D eigenvalue weighted by Crippen LogP contribution is -2.53. The smallest absolute Gasteiger partial charge is 0.227 e. The average Bonchev–Trinajstić information content (AvgIpc) is 3.23. The van der Waals surface area contributed by atoms with E-state index in [4.69, 9.17) is 0 Å². The van der Waals surface area contributed by atoms with Crippen molar-refractivity contribution in [1.29, 1.82) is 0 Å². The molecule has 6 saturated heterocycles. The summed E-state index contributed by atoms with van der Waals surface area (Å²) in [6.45, 7) is 63.1. The van der Waals surface area contributed by atoms with Gasteiger partial charge in [-0.2, -0.15) is 0 Å². The fourth-order valence-electron chi connectivity index (χ4n) is 9.87. The Morgan fingerprint density at radius 1 is 0.426 bits per heavy atom. The summed E-state index contributed by atoms with van der Waals surface area (Å²) in [6.07, 6.45) is 7.40. The van der Waals surface area contributed by atoms with Gasteiger partial charge in [-0.3, -0.25) is 24.3 Å². The summed E-state index contributed by atoms with van der Waals surface area (Å²) in [5.41, 5.74) is 0.761. The van der Waals surface area contributed by atoms with Crippen LogP contribution < -0.4 is 0 Å². The molecular weight excluding hydrogens is 843 g/mol. The second kappa shape index (κ2) is 29.4. The molecule has 0 aliphatic carbocycles. The molecule has 68 heavy (non-hydrogen) atoms. The molecule has 0 bridgehead atoms. The number of piperidine rings is 3. The molecule has 6 aliphatic rings. The zero-order chi connectivity index (χ0) is 51.0. The van der Waals surface area contributed by atoms with Gasteiger partial charge in [0.05, 0.1) is 0 Å². The van der Waals surface area contributed by atoms with Gasteiger partial charge in [0.15, 0.2) is 0 Å². The molecule has 6 aliphatic heterocycles. The first-order valence-electron chi connectivity index (χ1n) is 27.4. The van der Waals surface area contributed by atoms with Gasteiger partial charge in [-0.15, -0.1) is 0 Å². The summed E-state index contributed by atoms with van der Waals surface area (Å²) in [6, 6.07) is 0.692. The number of hydrogen-bond donors (Lipinski definition) is 0. The van der Waals surface area contributed by atoms with E-state index in [2.05, 4.69) is 136 Å².